The van der Waals surface area contributed by atoms with Crippen molar-refractivity contribution >= 4 is 11.5 Å². The van der Waals surface area contributed by atoms with Gasteiger partial charge < -0.3 is 5.32 Å². The van der Waals surface area contributed by atoms with Crippen LogP contribution in [0.1, 0.15) is 29.6 Å². The molecule has 2 rings (SSSR count). The zero-order chi connectivity index (χ0) is 13.1. The van der Waals surface area contributed by atoms with Gasteiger partial charge in [0.25, 0.3) is 0 Å². The van der Waals surface area contributed by atoms with E-state index in [1.807, 2.05) is 0 Å². The first kappa shape index (κ1) is 12.6. The van der Waals surface area contributed by atoms with Crippen molar-refractivity contribution in [2.75, 3.05) is 6.54 Å². The molecule has 1 N–H and O–H groups in total. The van der Waals surface area contributed by atoms with Gasteiger partial charge >= 0.3 is 5.69 Å². The average Bonchev–Trinajstić information content (AvgIpc) is 2.39. The highest BCUT2D eigenvalue weighted by molar-refractivity contribution is 6.00. The van der Waals surface area contributed by atoms with Gasteiger partial charge in [0.1, 0.15) is 0 Å². The van der Waals surface area contributed by atoms with Gasteiger partial charge in [-0.3, -0.25) is 14.9 Å². The van der Waals surface area contributed by atoms with Crippen LogP contribution in [0.2, 0.25) is 0 Å². The predicted octanol–water partition coefficient (Wildman–Crippen LogP) is 2.06. The maximum absolute atomic E-state index is 13.2. The van der Waals surface area contributed by atoms with Gasteiger partial charge in [-0.15, -0.1) is 0 Å². The number of benzene rings is 1. The first-order chi connectivity index (χ1) is 8.59. The van der Waals surface area contributed by atoms with Crippen molar-refractivity contribution in [2.24, 2.45) is 0 Å². The molecule has 96 valence electrons. The number of nitro benzene ring substituents is 1. The molecule has 1 unspecified atom stereocenters. The largest absolute Gasteiger partial charge is 0.307 e. The lowest BCUT2D eigenvalue weighted by atomic mass is 9.96. The van der Waals surface area contributed by atoms with E-state index >= 15 is 0 Å². The van der Waals surface area contributed by atoms with E-state index in [0.717, 1.165) is 31.5 Å². The number of nitro groups is 1. The third-order valence-corrected chi connectivity index (χ3v) is 3.05. The molecule has 1 fully saturated rings. The van der Waals surface area contributed by atoms with E-state index in [0.29, 0.717) is 6.42 Å². The summed E-state index contributed by atoms with van der Waals surface area (Å²) in [4.78, 5) is 21.9. The van der Waals surface area contributed by atoms with Gasteiger partial charge in [0, 0.05) is 11.6 Å². The number of hydrogen-bond donors (Lipinski definition) is 1. The highest BCUT2D eigenvalue weighted by Crippen LogP contribution is 2.21. The Bertz CT molecular complexity index is 484. The molecule has 0 spiro atoms. The summed E-state index contributed by atoms with van der Waals surface area (Å²) in [5.74, 6) is -1.13. The van der Waals surface area contributed by atoms with Gasteiger partial charge in [-0.05, 0) is 31.5 Å². The smallest absolute Gasteiger partial charge is 0.305 e. The Hall–Kier alpha value is -1.82. The minimum Gasteiger partial charge on any atom is -0.307 e. The quantitative estimate of drug-likeness (QED) is 0.507. The highest BCUT2D eigenvalue weighted by atomic mass is 19.1. The molecule has 1 aromatic rings. The standard InChI is InChI=1S/C12H13FN2O3/c13-9-5-4-8(7-11(9)15(17)18)12(16)10-3-1-2-6-14-10/h4-5,7,10,14H,1-3,6H2. The van der Waals surface area contributed by atoms with Gasteiger partial charge in [-0.1, -0.05) is 6.42 Å². The number of nitrogens with zero attached hydrogens (tertiary/aromatic N) is 1. The molecule has 0 aromatic heterocycles. The van der Waals surface area contributed by atoms with Gasteiger partial charge in [0.2, 0.25) is 5.82 Å². The van der Waals surface area contributed by atoms with E-state index in [2.05, 4.69) is 5.32 Å². The molecule has 0 saturated carbocycles. The van der Waals surface area contributed by atoms with Crippen LogP contribution in [0.15, 0.2) is 18.2 Å². The maximum atomic E-state index is 13.2. The first-order valence-electron chi connectivity index (χ1n) is 5.81. The average molecular weight is 252 g/mol. The molecule has 18 heavy (non-hydrogen) atoms. The van der Waals surface area contributed by atoms with Crippen LogP contribution >= 0.6 is 0 Å². The summed E-state index contributed by atoms with van der Waals surface area (Å²) in [5, 5.41) is 13.7. The second kappa shape index (κ2) is 5.22. The molecule has 1 aliphatic heterocycles. The second-order valence-corrected chi connectivity index (χ2v) is 4.29. The first-order valence-corrected chi connectivity index (χ1v) is 5.81. The fourth-order valence-corrected chi connectivity index (χ4v) is 2.08. The molecule has 1 heterocycles. The summed E-state index contributed by atoms with van der Waals surface area (Å²) < 4.78 is 13.2. The number of carbonyl (C=O) groups is 1. The second-order valence-electron chi connectivity index (χ2n) is 4.29. The van der Waals surface area contributed by atoms with Crippen molar-refractivity contribution in [1.29, 1.82) is 0 Å². The lowest BCUT2D eigenvalue weighted by molar-refractivity contribution is -0.387. The van der Waals surface area contributed by atoms with Crippen molar-refractivity contribution in [3.8, 4) is 0 Å². The minimum absolute atomic E-state index is 0.183. The Morgan fingerprint density at radius 2 is 2.22 bits per heavy atom. The third kappa shape index (κ3) is 2.53. The van der Waals surface area contributed by atoms with Crippen LogP contribution in [0.25, 0.3) is 0 Å². The molecule has 5 nitrogen and oxygen atoms in total. The maximum Gasteiger partial charge on any atom is 0.305 e. The zero-order valence-corrected chi connectivity index (χ0v) is 9.69. The number of nitrogens with one attached hydrogen (secondary N) is 1. The van der Waals surface area contributed by atoms with E-state index < -0.39 is 16.4 Å². The Morgan fingerprint density at radius 1 is 1.44 bits per heavy atom. The Morgan fingerprint density at radius 3 is 2.83 bits per heavy atom. The van der Waals surface area contributed by atoms with E-state index in [9.17, 15) is 19.3 Å². The molecule has 1 atom stereocenters. The molecule has 0 amide bonds. The van der Waals surface area contributed by atoms with Gasteiger partial charge in [0.15, 0.2) is 5.78 Å². The van der Waals surface area contributed by atoms with Crippen molar-refractivity contribution in [2.45, 2.75) is 25.3 Å². The van der Waals surface area contributed by atoms with E-state index in [4.69, 9.17) is 0 Å². The van der Waals surface area contributed by atoms with Crippen molar-refractivity contribution < 1.29 is 14.1 Å². The number of hydrogen-bond acceptors (Lipinski definition) is 4. The van der Waals surface area contributed by atoms with Crippen molar-refractivity contribution in [3.05, 3.63) is 39.7 Å². The van der Waals surface area contributed by atoms with Gasteiger partial charge in [-0.25, -0.2) is 0 Å². The molecule has 1 saturated heterocycles. The number of Topliss-reactive ketones (excluding diaryl/α,β-unsaturated/α-hetero) is 1. The van der Waals surface area contributed by atoms with Crippen molar-refractivity contribution in [3.63, 3.8) is 0 Å². The lowest BCUT2D eigenvalue weighted by Crippen LogP contribution is -2.40. The summed E-state index contributed by atoms with van der Waals surface area (Å²) in [6, 6.07) is 2.95. The Balaban J connectivity index is 2.24. The molecule has 6 heteroatoms. The molecular formula is C12H13FN2O3. The van der Waals surface area contributed by atoms with E-state index in [1.165, 1.54) is 6.07 Å². The summed E-state index contributed by atoms with van der Waals surface area (Å²) in [5.41, 5.74) is -0.473. The predicted molar refractivity (Wildman–Crippen MR) is 63.0 cm³/mol. The summed E-state index contributed by atoms with van der Waals surface area (Å²) >= 11 is 0. The van der Waals surface area contributed by atoms with Gasteiger partial charge in [-0.2, -0.15) is 4.39 Å². The van der Waals surface area contributed by atoms with Crippen LogP contribution in [0.4, 0.5) is 10.1 Å². The van der Waals surface area contributed by atoms with Crippen molar-refractivity contribution in [1.82, 2.24) is 5.32 Å². The molecule has 0 bridgehead atoms. The molecule has 0 radical (unpaired) electrons. The van der Waals surface area contributed by atoms with Crippen LogP contribution in [0, 0.1) is 15.9 Å². The SMILES string of the molecule is O=C(c1ccc(F)c([N+](=O)[O-])c1)C1CCCCN1. The monoisotopic (exact) mass is 252 g/mol. The summed E-state index contributed by atoms with van der Waals surface area (Å²) in [6.07, 6.45) is 2.68. The number of piperidine rings is 1. The van der Waals surface area contributed by atoms with Gasteiger partial charge in [0.05, 0.1) is 11.0 Å². The fourth-order valence-electron chi connectivity index (χ4n) is 2.08. The molecular weight excluding hydrogens is 239 g/mol. The fraction of sp³-hybridized carbons (Fsp3) is 0.417. The zero-order valence-electron chi connectivity index (χ0n) is 9.69. The minimum atomic E-state index is -0.923. The van der Waals surface area contributed by atoms with Crippen LogP contribution in [0.3, 0.4) is 0 Å². The number of ketones is 1. The number of rotatable bonds is 3. The topological polar surface area (TPSA) is 72.2 Å². The van der Waals surface area contributed by atoms with Crippen LogP contribution < -0.4 is 5.32 Å². The third-order valence-electron chi connectivity index (χ3n) is 3.05. The summed E-state index contributed by atoms with van der Waals surface area (Å²) in [6.45, 7) is 0.764. The van der Waals surface area contributed by atoms with E-state index in [1.54, 1.807) is 0 Å². The summed E-state index contributed by atoms with van der Waals surface area (Å²) in [7, 11) is 0. The Kier molecular flexibility index (Phi) is 3.66. The van der Waals surface area contributed by atoms with Crippen LogP contribution in [-0.4, -0.2) is 23.3 Å². The normalized spacial score (nSPS) is 19.5. The van der Waals surface area contributed by atoms with E-state index in [-0.39, 0.29) is 17.4 Å². The molecule has 0 aliphatic carbocycles. The molecule has 1 aromatic carbocycles. The number of halogens is 1. The lowest BCUT2D eigenvalue weighted by Gasteiger charge is -2.22. The highest BCUT2D eigenvalue weighted by Gasteiger charge is 2.24. The van der Waals surface area contributed by atoms with Crippen LogP contribution in [-0.2, 0) is 0 Å². The molecule has 1 aliphatic rings. The number of carbonyl (C=O) groups excluding carboxylic acids is 1. The Labute approximate surface area is 103 Å². The van der Waals surface area contributed by atoms with Crippen LogP contribution in [0.5, 0.6) is 0 Å².